The molecule has 0 unspecified atom stereocenters. The van der Waals surface area contributed by atoms with Gasteiger partial charge in [-0.05, 0) is 51.0 Å². The van der Waals surface area contributed by atoms with Crippen LogP contribution in [0.1, 0.15) is 52.0 Å². The first kappa shape index (κ1) is 21.8. The van der Waals surface area contributed by atoms with E-state index in [1.54, 1.807) is 0 Å². The molecule has 168 valence electrons. The Hall–Kier alpha value is -2.41. The van der Waals surface area contributed by atoms with Crippen molar-refractivity contribution in [3.8, 4) is 0 Å². The van der Waals surface area contributed by atoms with Crippen LogP contribution in [-0.2, 0) is 15.0 Å². The van der Waals surface area contributed by atoms with Crippen LogP contribution in [0.4, 0.5) is 4.79 Å². The quantitative estimate of drug-likeness (QED) is 0.751. The van der Waals surface area contributed by atoms with Crippen LogP contribution in [0.25, 0.3) is 0 Å². The second-order valence-corrected chi connectivity index (χ2v) is 9.97. The van der Waals surface area contributed by atoms with E-state index in [1.807, 2.05) is 49.1 Å². The highest BCUT2D eigenvalue weighted by Crippen LogP contribution is 2.36. The maximum absolute atomic E-state index is 13.2. The monoisotopic (exact) mass is 426 g/mol. The van der Waals surface area contributed by atoms with Crippen molar-refractivity contribution in [2.45, 2.75) is 57.4 Å². The van der Waals surface area contributed by atoms with Crippen molar-refractivity contribution in [2.75, 3.05) is 32.8 Å². The molecule has 31 heavy (non-hydrogen) atoms. The summed E-state index contributed by atoms with van der Waals surface area (Å²) < 4.78 is 0. The summed E-state index contributed by atoms with van der Waals surface area (Å²) in [5.41, 5.74) is -0.270. The molecule has 0 bridgehead atoms. The molecule has 3 fully saturated rings. The summed E-state index contributed by atoms with van der Waals surface area (Å²) >= 11 is 0. The summed E-state index contributed by atoms with van der Waals surface area (Å²) in [4.78, 5) is 44.2. The van der Waals surface area contributed by atoms with E-state index in [0.717, 1.165) is 31.2 Å². The Balaban J connectivity index is 1.34. The van der Waals surface area contributed by atoms with Gasteiger partial charge in [0.1, 0.15) is 5.54 Å². The minimum atomic E-state index is -0.693. The number of hydrogen-bond donors (Lipinski definition) is 1. The Morgan fingerprint density at radius 3 is 2.29 bits per heavy atom. The van der Waals surface area contributed by atoms with Gasteiger partial charge in [-0.15, -0.1) is 0 Å². The average molecular weight is 427 g/mol. The Labute approximate surface area is 184 Å². The molecule has 2 aliphatic heterocycles. The molecular weight excluding hydrogens is 392 g/mol. The van der Waals surface area contributed by atoms with Crippen LogP contribution < -0.4 is 5.32 Å². The zero-order valence-electron chi connectivity index (χ0n) is 18.9. The van der Waals surface area contributed by atoms with Crippen LogP contribution in [0.5, 0.6) is 0 Å². The van der Waals surface area contributed by atoms with E-state index in [0.29, 0.717) is 38.8 Å². The number of hydrogen-bond acceptors (Lipinski definition) is 4. The first-order chi connectivity index (χ1) is 14.7. The highest BCUT2D eigenvalue weighted by atomic mass is 16.2. The third kappa shape index (κ3) is 4.07. The number of rotatable bonds is 4. The maximum atomic E-state index is 13.2. The molecule has 7 nitrogen and oxygen atoms in total. The van der Waals surface area contributed by atoms with Crippen molar-refractivity contribution in [1.29, 1.82) is 0 Å². The summed E-state index contributed by atoms with van der Waals surface area (Å²) in [5, 5.41) is 2.99. The fourth-order valence-corrected chi connectivity index (χ4v) is 5.06. The van der Waals surface area contributed by atoms with Gasteiger partial charge in [0, 0.05) is 26.2 Å². The highest BCUT2D eigenvalue weighted by Gasteiger charge is 2.52. The minimum absolute atomic E-state index is 0.0758. The molecule has 0 aromatic heterocycles. The number of urea groups is 1. The number of carbonyl (C=O) groups excluding carboxylic acids is 3. The van der Waals surface area contributed by atoms with Crippen molar-refractivity contribution in [2.24, 2.45) is 5.92 Å². The molecule has 0 atom stereocenters. The lowest BCUT2D eigenvalue weighted by atomic mass is 9.77. The number of amides is 4. The highest BCUT2D eigenvalue weighted by molar-refractivity contribution is 6.07. The molecule has 1 N–H and O–H groups in total. The first-order valence-corrected chi connectivity index (χ1v) is 11.4. The molecule has 4 amide bonds. The van der Waals surface area contributed by atoms with E-state index in [-0.39, 0.29) is 17.8 Å². The van der Waals surface area contributed by atoms with E-state index in [4.69, 9.17) is 0 Å². The van der Waals surface area contributed by atoms with Crippen LogP contribution in [-0.4, -0.2) is 70.9 Å². The van der Waals surface area contributed by atoms with Gasteiger partial charge in [-0.3, -0.25) is 14.5 Å². The normalized spacial score (nSPS) is 27.6. The molecule has 4 rings (SSSR count). The van der Waals surface area contributed by atoms with E-state index >= 15 is 0 Å². The van der Waals surface area contributed by atoms with Gasteiger partial charge in [-0.2, -0.15) is 0 Å². The van der Waals surface area contributed by atoms with Crippen molar-refractivity contribution in [3.05, 3.63) is 35.9 Å². The molecule has 1 aliphatic carbocycles. The second-order valence-electron chi connectivity index (χ2n) is 9.97. The van der Waals surface area contributed by atoms with Crippen molar-refractivity contribution >= 4 is 17.8 Å². The third-order valence-electron chi connectivity index (χ3n) is 7.40. The molecule has 7 heteroatoms. The van der Waals surface area contributed by atoms with Crippen molar-refractivity contribution in [3.63, 3.8) is 0 Å². The Morgan fingerprint density at radius 2 is 1.68 bits per heavy atom. The molecular formula is C24H34N4O3. The molecule has 1 spiro atoms. The van der Waals surface area contributed by atoms with Gasteiger partial charge in [-0.1, -0.05) is 37.3 Å². The summed E-state index contributed by atoms with van der Waals surface area (Å²) in [7, 11) is 0. The van der Waals surface area contributed by atoms with Gasteiger partial charge in [0.05, 0.1) is 12.1 Å². The van der Waals surface area contributed by atoms with Crippen LogP contribution in [0.3, 0.4) is 0 Å². The number of carbonyl (C=O) groups is 3. The predicted octanol–water partition coefficient (Wildman–Crippen LogP) is 2.57. The van der Waals surface area contributed by atoms with Crippen LogP contribution in [0.15, 0.2) is 30.3 Å². The molecule has 2 heterocycles. The summed E-state index contributed by atoms with van der Waals surface area (Å²) in [6.45, 7) is 8.93. The lowest BCUT2D eigenvalue weighted by Crippen LogP contribution is -2.55. The first-order valence-electron chi connectivity index (χ1n) is 11.4. The number of benzene rings is 1. The second kappa shape index (κ2) is 8.26. The van der Waals surface area contributed by atoms with Gasteiger partial charge >= 0.3 is 6.03 Å². The number of imide groups is 1. The van der Waals surface area contributed by atoms with Crippen LogP contribution in [0.2, 0.25) is 0 Å². The van der Waals surface area contributed by atoms with Crippen LogP contribution >= 0.6 is 0 Å². The fraction of sp³-hybridized carbons (Fsp3) is 0.625. The fourth-order valence-electron chi connectivity index (χ4n) is 5.06. The lowest BCUT2D eigenvalue weighted by molar-refractivity contribution is -0.140. The standard InChI is InChI=1S/C24H34N4O3/c1-18-9-11-24(12-10-18)21(30)28(22(31)25-24)17-26-13-15-27(16-14-26)20(29)23(2,3)19-7-5-4-6-8-19/h4-8,18H,9-17H2,1-3H3,(H,25,31). The van der Waals surface area contributed by atoms with Gasteiger partial charge in [0.15, 0.2) is 0 Å². The Kier molecular flexibility index (Phi) is 5.81. The number of nitrogens with zero attached hydrogens (tertiary/aromatic N) is 3. The Bertz CT molecular complexity index is 838. The van der Waals surface area contributed by atoms with Crippen molar-refractivity contribution < 1.29 is 14.4 Å². The predicted molar refractivity (Wildman–Crippen MR) is 118 cm³/mol. The minimum Gasteiger partial charge on any atom is -0.339 e. The summed E-state index contributed by atoms with van der Waals surface area (Å²) in [6.07, 6.45) is 3.40. The molecule has 1 saturated carbocycles. The van der Waals surface area contributed by atoms with Gasteiger partial charge in [0.25, 0.3) is 5.91 Å². The van der Waals surface area contributed by atoms with Gasteiger partial charge < -0.3 is 10.2 Å². The van der Waals surface area contributed by atoms with E-state index in [9.17, 15) is 14.4 Å². The van der Waals surface area contributed by atoms with E-state index < -0.39 is 11.0 Å². The lowest BCUT2D eigenvalue weighted by Gasteiger charge is -2.39. The molecule has 1 aromatic carbocycles. The van der Waals surface area contributed by atoms with E-state index in [1.165, 1.54) is 4.90 Å². The average Bonchev–Trinajstić information content (AvgIpc) is 3.00. The van der Waals surface area contributed by atoms with Gasteiger partial charge in [-0.25, -0.2) is 9.69 Å². The third-order valence-corrected chi connectivity index (χ3v) is 7.40. The zero-order valence-corrected chi connectivity index (χ0v) is 18.9. The summed E-state index contributed by atoms with van der Waals surface area (Å²) in [6, 6.07) is 9.58. The SMILES string of the molecule is CC1CCC2(CC1)NC(=O)N(CN1CCN(C(=O)C(C)(C)c3ccccc3)CC1)C2=O. The van der Waals surface area contributed by atoms with E-state index in [2.05, 4.69) is 17.1 Å². The number of nitrogens with one attached hydrogen (secondary N) is 1. The maximum Gasteiger partial charge on any atom is 0.326 e. The molecule has 3 aliphatic rings. The van der Waals surface area contributed by atoms with Gasteiger partial charge in [0.2, 0.25) is 5.91 Å². The largest absolute Gasteiger partial charge is 0.339 e. The van der Waals surface area contributed by atoms with Crippen LogP contribution in [0, 0.1) is 5.92 Å². The smallest absolute Gasteiger partial charge is 0.326 e. The topological polar surface area (TPSA) is 73.0 Å². The Morgan fingerprint density at radius 1 is 1.06 bits per heavy atom. The zero-order chi connectivity index (χ0) is 22.2. The summed E-state index contributed by atoms with van der Waals surface area (Å²) in [5.74, 6) is 0.645. The van der Waals surface area contributed by atoms with Crippen molar-refractivity contribution in [1.82, 2.24) is 20.0 Å². The molecule has 0 radical (unpaired) electrons. The molecule has 2 saturated heterocycles. The number of piperazine rings is 1. The molecule has 1 aromatic rings.